The fraction of sp³-hybridized carbons (Fsp3) is 0.474. The van der Waals surface area contributed by atoms with Crippen molar-refractivity contribution in [3.63, 3.8) is 0 Å². The van der Waals surface area contributed by atoms with Crippen molar-refractivity contribution in [2.45, 2.75) is 18.4 Å². The Balaban J connectivity index is 1.40. The number of nitrogens with zero attached hydrogens (tertiary/aromatic N) is 2. The number of aromatic nitrogens is 1. The van der Waals surface area contributed by atoms with Crippen molar-refractivity contribution < 1.29 is 9.84 Å². The number of anilines is 1. The largest absolute Gasteiger partial charge is 0.495 e. The number of hydrogen-bond acceptors (Lipinski definition) is 5. The number of nitrogens with one attached hydrogen (secondary N) is 2. The number of fused-ring (bicyclic) bond motifs is 4. The Morgan fingerprint density at radius 1 is 1.37 bits per heavy atom. The first-order chi connectivity index (χ1) is 13.0. The quantitative estimate of drug-likeness (QED) is 0.674. The third-order valence-corrected chi connectivity index (χ3v) is 6.18. The molecule has 0 spiro atoms. The summed E-state index contributed by atoms with van der Waals surface area (Å²) in [6.45, 7) is 3.33. The number of thiocarbonyl (C=S) groups is 1. The third-order valence-electron chi connectivity index (χ3n) is 5.63. The van der Waals surface area contributed by atoms with E-state index in [0.29, 0.717) is 40.7 Å². The van der Waals surface area contributed by atoms with Gasteiger partial charge in [0.1, 0.15) is 11.6 Å². The molecule has 3 fully saturated rings. The van der Waals surface area contributed by atoms with Gasteiger partial charge in [-0.3, -0.25) is 0 Å². The second-order valence-corrected chi connectivity index (χ2v) is 8.18. The summed E-state index contributed by atoms with van der Waals surface area (Å²) in [6, 6.07) is 5.58. The Morgan fingerprint density at radius 3 is 2.81 bits per heavy atom. The van der Waals surface area contributed by atoms with Crippen LogP contribution in [0.4, 0.5) is 5.82 Å². The van der Waals surface area contributed by atoms with Crippen LogP contribution >= 0.6 is 23.8 Å². The minimum Gasteiger partial charge on any atom is -0.495 e. The number of pyridine rings is 1. The van der Waals surface area contributed by atoms with Crippen molar-refractivity contribution in [3.8, 4) is 5.75 Å². The van der Waals surface area contributed by atoms with Gasteiger partial charge in [-0.2, -0.15) is 0 Å². The number of rotatable bonds is 4. The zero-order valence-corrected chi connectivity index (χ0v) is 16.7. The van der Waals surface area contributed by atoms with Crippen LogP contribution in [0, 0.1) is 5.92 Å². The summed E-state index contributed by atoms with van der Waals surface area (Å²) in [5.74, 6) is 1.59. The van der Waals surface area contributed by atoms with E-state index in [4.69, 9.17) is 28.6 Å². The standard InChI is InChI=1S/C19H23ClN4O2S/c1-26-16-7-13-9-21-17(8-12(13)6-15(16)20)23-18(27)22-10-19(25)11-24-4-2-14(19)3-5-24/h6-9,14,25H,2-5,10-11H2,1H3,(H2,21,22,23,27). The molecule has 2 bridgehead atoms. The Morgan fingerprint density at radius 2 is 2.15 bits per heavy atom. The van der Waals surface area contributed by atoms with E-state index in [1.165, 1.54) is 0 Å². The van der Waals surface area contributed by atoms with E-state index < -0.39 is 5.60 Å². The average Bonchev–Trinajstić information content (AvgIpc) is 2.66. The van der Waals surface area contributed by atoms with E-state index in [1.54, 1.807) is 13.3 Å². The molecule has 0 amide bonds. The number of benzene rings is 1. The topological polar surface area (TPSA) is 69.6 Å². The first-order valence-corrected chi connectivity index (χ1v) is 9.88. The fourth-order valence-electron chi connectivity index (χ4n) is 4.11. The Bertz CT molecular complexity index is 872. The van der Waals surface area contributed by atoms with Crippen molar-refractivity contribution in [1.29, 1.82) is 0 Å². The highest BCUT2D eigenvalue weighted by Crippen LogP contribution is 2.35. The summed E-state index contributed by atoms with van der Waals surface area (Å²) in [7, 11) is 1.59. The molecule has 1 aromatic heterocycles. The van der Waals surface area contributed by atoms with E-state index >= 15 is 0 Å². The van der Waals surface area contributed by atoms with Crippen molar-refractivity contribution in [2.24, 2.45) is 5.92 Å². The average molecular weight is 407 g/mol. The van der Waals surface area contributed by atoms with Crippen LogP contribution < -0.4 is 15.4 Å². The molecule has 4 heterocycles. The maximum Gasteiger partial charge on any atom is 0.172 e. The number of methoxy groups -OCH3 is 1. The Labute approximate surface area is 168 Å². The minimum atomic E-state index is -0.719. The highest BCUT2D eigenvalue weighted by Gasteiger charge is 2.45. The summed E-state index contributed by atoms with van der Waals surface area (Å²) in [5, 5.41) is 20.1. The second-order valence-electron chi connectivity index (χ2n) is 7.37. The molecule has 6 nitrogen and oxygen atoms in total. The molecule has 3 aliphatic heterocycles. The maximum atomic E-state index is 11.0. The van der Waals surface area contributed by atoms with Crippen LogP contribution in [0.15, 0.2) is 24.4 Å². The lowest BCUT2D eigenvalue weighted by atomic mass is 9.75. The molecule has 5 rings (SSSR count). The molecule has 3 aliphatic rings. The van der Waals surface area contributed by atoms with Crippen LogP contribution in [-0.4, -0.2) is 59.0 Å². The number of ether oxygens (including phenoxy) is 1. The summed E-state index contributed by atoms with van der Waals surface area (Å²) < 4.78 is 5.23. The van der Waals surface area contributed by atoms with Crippen LogP contribution in [0.25, 0.3) is 10.8 Å². The zero-order chi connectivity index (χ0) is 19.0. The van der Waals surface area contributed by atoms with E-state index in [2.05, 4.69) is 20.5 Å². The first kappa shape index (κ1) is 18.7. The second kappa shape index (κ2) is 7.39. The Kier molecular flexibility index (Phi) is 5.11. The normalized spacial score (nSPS) is 26.8. The van der Waals surface area contributed by atoms with Gasteiger partial charge in [0.15, 0.2) is 5.11 Å². The molecule has 3 saturated heterocycles. The van der Waals surface area contributed by atoms with E-state index in [1.807, 2.05) is 18.2 Å². The molecule has 0 aliphatic carbocycles. The predicted molar refractivity (Wildman–Crippen MR) is 112 cm³/mol. The van der Waals surface area contributed by atoms with Gasteiger partial charge in [-0.25, -0.2) is 4.98 Å². The molecule has 1 aromatic carbocycles. The van der Waals surface area contributed by atoms with Crippen LogP contribution in [-0.2, 0) is 0 Å². The van der Waals surface area contributed by atoms with Gasteiger partial charge in [0.05, 0.1) is 17.7 Å². The third kappa shape index (κ3) is 3.82. The number of halogens is 1. The van der Waals surface area contributed by atoms with Crippen molar-refractivity contribution in [3.05, 3.63) is 29.4 Å². The molecule has 27 heavy (non-hydrogen) atoms. The lowest BCUT2D eigenvalue weighted by Crippen LogP contribution is -2.63. The van der Waals surface area contributed by atoms with Gasteiger partial charge < -0.3 is 25.4 Å². The summed E-state index contributed by atoms with van der Waals surface area (Å²) >= 11 is 11.6. The minimum absolute atomic E-state index is 0.341. The molecule has 1 atom stereocenters. The van der Waals surface area contributed by atoms with Gasteiger partial charge in [0.2, 0.25) is 0 Å². The number of piperidine rings is 3. The smallest absolute Gasteiger partial charge is 0.172 e. The van der Waals surface area contributed by atoms with Gasteiger partial charge in [0.25, 0.3) is 0 Å². The summed E-state index contributed by atoms with van der Waals surface area (Å²) in [4.78, 5) is 6.71. The van der Waals surface area contributed by atoms with Gasteiger partial charge in [-0.15, -0.1) is 0 Å². The summed E-state index contributed by atoms with van der Waals surface area (Å²) in [5.41, 5.74) is -0.719. The molecule has 8 heteroatoms. The van der Waals surface area contributed by atoms with Crippen LogP contribution in [0.3, 0.4) is 0 Å². The van der Waals surface area contributed by atoms with Crippen LogP contribution in [0.2, 0.25) is 5.02 Å². The van der Waals surface area contributed by atoms with Gasteiger partial charge in [-0.1, -0.05) is 11.6 Å². The SMILES string of the molecule is COc1cc2cnc(NC(=S)NCC3(O)CN4CCC3CC4)cc2cc1Cl. The molecule has 0 radical (unpaired) electrons. The summed E-state index contributed by atoms with van der Waals surface area (Å²) in [6.07, 6.45) is 3.85. The molecule has 2 aromatic rings. The van der Waals surface area contributed by atoms with Crippen LogP contribution in [0.1, 0.15) is 12.8 Å². The lowest BCUT2D eigenvalue weighted by molar-refractivity contribution is -0.107. The maximum absolute atomic E-state index is 11.0. The zero-order valence-electron chi connectivity index (χ0n) is 15.2. The molecular formula is C19H23ClN4O2S. The molecule has 0 saturated carbocycles. The number of hydrogen-bond donors (Lipinski definition) is 3. The van der Waals surface area contributed by atoms with Crippen molar-refractivity contribution >= 4 is 45.5 Å². The molecule has 3 N–H and O–H groups in total. The highest BCUT2D eigenvalue weighted by molar-refractivity contribution is 7.80. The van der Waals surface area contributed by atoms with E-state index in [9.17, 15) is 5.11 Å². The van der Waals surface area contributed by atoms with E-state index in [0.717, 1.165) is 36.7 Å². The molecule has 144 valence electrons. The van der Waals surface area contributed by atoms with Crippen LogP contribution in [0.5, 0.6) is 5.75 Å². The fourth-order valence-corrected chi connectivity index (χ4v) is 4.53. The Hall–Kier alpha value is -1.67. The van der Waals surface area contributed by atoms with Gasteiger partial charge >= 0.3 is 0 Å². The van der Waals surface area contributed by atoms with E-state index in [-0.39, 0.29) is 0 Å². The van der Waals surface area contributed by atoms with Crippen molar-refractivity contribution in [1.82, 2.24) is 15.2 Å². The van der Waals surface area contributed by atoms with Crippen molar-refractivity contribution in [2.75, 3.05) is 38.6 Å². The number of aliphatic hydroxyl groups is 1. The monoisotopic (exact) mass is 406 g/mol. The molecule has 1 unspecified atom stereocenters. The first-order valence-electron chi connectivity index (χ1n) is 9.10. The van der Waals surface area contributed by atoms with Gasteiger partial charge in [-0.05, 0) is 67.7 Å². The molecular weight excluding hydrogens is 384 g/mol. The highest BCUT2D eigenvalue weighted by atomic mass is 35.5. The van der Waals surface area contributed by atoms with Gasteiger partial charge in [0, 0.05) is 24.7 Å². The lowest BCUT2D eigenvalue weighted by Gasteiger charge is -2.50. The predicted octanol–water partition coefficient (Wildman–Crippen LogP) is 2.64.